The van der Waals surface area contributed by atoms with Crippen LogP contribution in [0, 0.1) is 0 Å². The van der Waals surface area contributed by atoms with Gasteiger partial charge in [0.05, 0.1) is 50.7 Å². The fourth-order valence-corrected chi connectivity index (χ4v) is 8.43. The number of nitrogens with one attached hydrogen (secondary N) is 2. The first-order valence-corrected chi connectivity index (χ1v) is 21.3. The molecule has 6 heterocycles. The fraction of sp³-hybridized carbons (Fsp3) is 0.109. The van der Waals surface area contributed by atoms with Gasteiger partial charge in [0.1, 0.15) is 23.0 Å². The van der Waals surface area contributed by atoms with E-state index in [0.717, 1.165) is 125 Å². The van der Waals surface area contributed by atoms with Crippen LogP contribution in [0.15, 0.2) is 152 Å². The highest BCUT2D eigenvalue weighted by atomic mass is 16.5. The zero-order chi connectivity index (χ0) is 43.4. The Morgan fingerprint density at radius 3 is 1.19 bits per heavy atom. The van der Waals surface area contributed by atoms with Gasteiger partial charge in [0, 0.05) is 62.9 Å². The van der Waals surface area contributed by atoms with Crippen LogP contribution in [0.4, 0.5) is 0 Å². The number of aromatic amines is 2. The molecule has 0 saturated heterocycles. The summed E-state index contributed by atoms with van der Waals surface area (Å²) in [5.41, 5.74) is 14.8. The molecule has 314 valence electrons. The molecule has 2 aliphatic rings. The average molecular weight is 841 g/mol. The van der Waals surface area contributed by atoms with Crippen molar-refractivity contribution in [3.63, 3.8) is 0 Å². The minimum Gasteiger partial charge on any atom is -0.497 e. The summed E-state index contributed by atoms with van der Waals surface area (Å²) < 4.78 is 25.1. The maximum atomic E-state index is 6.23. The van der Waals surface area contributed by atoms with Crippen molar-refractivity contribution >= 4 is 46.4 Å². The number of benzene rings is 4. The van der Waals surface area contributed by atoms with Crippen molar-refractivity contribution in [2.24, 2.45) is 0 Å². The Morgan fingerprint density at radius 1 is 0.406 bits per heavy atom. The second kappa shape index (κ2) is 17.7. The third-order valence-corrected chi connectivity index (χ3v) is 11.6. The molecule has 8 aromatic rings. The molecular formula is C55H46N5O4+. The minimum absolute atomic E-state index is 0.605. The summed E-state index contributed by atoms with van der Waals surface area (Å²) >= 11 is 0. The maximum Gasteiger partial charge on any atom is 0.168 e. The van der Waals surface area contributed by atoms with Crippen molar-refractivity contribution < 1.29 is 23.5 Å². The fourth-order valence-electron chi connectivity index (χ4n) is 8.43. The highest BCUT2D eigenvalue weighted by molar-refractivity contribution is 6.00. The lowest BCUT2D eigenvalue weighted by atomic mass is 10.0. The number of ether oxygens (including phenoxy) is 4. The van der Waals surface area contributed by atoms with E-state index in [1.165, 1.54) is 0 Å². The van der Waals surface area contributed by atoms with E-state index in [2.05, 4.69) is 124 Å². The molecule has 64 heavy (non-hydrogen) atoms. The summed E-state index contributed by atoms with van der Waals surface area (Å²) in [5, 5.41) is 0. The van der Waals surface area contributed by atoms with Gasteiger partial charge in [-0.3, -0.25) is 0 Å². The highest BCUT2D eigenvalue weighted by Crippen LogP contribution is 2.39. The topological polar surface area (TPSA) is 98.2 Å². The largest absolute Gasteiger partial charge is 0.497 e. The van der Waals surface area contributed by atoms with Crippen molar-refractivity contribution in [2.75, 3.05) is 27.9 Å². The Kier molecular flexibility index (Phi) is 11.0. The normalized spacial score (nSPS) is 11.7. The van der Waals surface area contributed by atoms with Crippen LogP contribution < -0.4 is 23.5 Å². The standard InChI is InChI=1S/C55H46N5O4/c1-61-40-16-8-36(9-17-40)52-44-24-26-46(56-44)53(37-10-18-41(62-2)19-11-37)48-28-30-50(58-48)55(39-14-22-43(23-15-39)64-35-7-34-60-32-5-4-6-33-60)51-31-29-49(59-51)54(47-27-25-45(52)57-47)38-12-20-42(63-3)21-13-38/h4-6,8-33,56-57H,7,34-35H2,1-3H3/q+1. The molecule has 4 aromatic heterocycles. The van der Waals surface area contributed by atoms with Crippen LogP contribution in [-0.2, 0) is 6.54 Å². The number of rotatable bonds is 12. The number of aryl methyl sites for hydroxylation is 1. The molecule has 0 unspecified atom stereocenters. The van der Waals surface area contributed by atoms with E-state index in [0.29, 0.717) is 6.61 Å². The van der Waals surface area contributed by atoms with Gasteiger partial charge >= 0.3 is 0 Å². The molecule has 0 aliphatic carbocycles. The van der Waals surface area contributed by atoms with E-state index in [1.807, 2.05) is 66.7 Å². The Labute approximate surface area is 371 Å². The third kappa shape index (κ3) is 8.02. The van der Waals surface area contributed by atoms with Gasteiger partial charge in [-0.05, 0) is 119 Å². The van der Waals surface area contributed by atoms with Gasteiger partial charge in [-0.25, -0.2) is 14.5 Å². The second-order valence-corrected chi connectivity index (χ2v) is 15.5. The van der Waals surface area contributed by atoms with Crippen LogP contribution in [0.5, 0.6) is 23.0 Å². The zero-order valence-corrected chi connectivity index (χ0v) is 35.8. The summed E-state index contributed by atoms with van der Waals surface area (Å²) in [6.45, 7) is 1.49. The smallest absolute Gasteiger partial charge is 0.168 e. The lowest BCUT2D eigenvalue weighted by Crippen LogP contribution is -2.33. The number of fused-ring (bicyclic) bond motifs is 8. The number of hydrogen-bond acceptors (Lipinski definition) is 6. The predicted octanol–water partition coefficient (Wildman–Crippen LogP) is 12.1. The molecule has 9 nitrogen and oxygen atoms in total. The monoisotopic (exact) mass is 840 g/mol. The molecule has 0 fully saturated rings. The Balaban J connectivity index is 1.21. The van der Waals surface area contributed by atoms with Crippen molar-refractivity contribution in [3.05, 3.63) is 175 Å². The highest BCUT2D eigenvalue weighted by Gasteiger charge is 2.20. The van der Waals surface area contributed by atoms with Gasteiger partial charge in [0.2, 0.25) is 0 Å². The van der Waals surface area contributed by atoms with Crippen molar-refractivity contribution in [1.82, 2.24) is 19.9 Å². The molecule has 2 aliphatic heterocycles. The first-order chi connectivity index (χ1) is 31.5. The van der Waals surface area contributed by atoms with E-state index >= 15 is 0 Å². The van der Waals surface area contributed by atoms with Crippen LogP contribution in [0.2, 0.25) is 0 Å². The lowest BCUT2D eigenvalue weighted by molar-refractivity contribution is -0.697. The molecule has 10 rings (SSSR count). The Morgan fingerprint density at radius 2 is 0.766 bits per heavy atom. The van der Waals surface area contributed by atoms with Crippen molar-refractivity contribution in [3.8, 4) is 67.5 Å². The van der Waals surface area contributed by atoms with Gasteiger partial charge in [-0.15, -0.1) is 0 Å². The molecular weight excluding hydrogens is 795 g/mol. The quantitative estimate of drug-likeness (QED) is 0.0939. The van der Waals surface area contributed by atoms with Crippen LogP contribution in [0.3, 0.4) is 0 Å². The number of nitrogens with zero attached hydrogens (tertiary/aromatic N) is 3. The van der Waals surface area contributed by atoms with E-state index in [4.69, 9.17) is 28.9 Å². The van der Waals surface area contributed by atoms with E-state index < -0.39 is 0 Å². The van der Waals surface area contributed by atoms with Gasteiger partial charge in [0.25, 0.3) is 0 Å². The number of pyridine rings is 1. The van der Waals surface area contributed by atoms with E-state index in [9.17, 15) is 0 Å². The van der Waals surface area contributed by atoms with Gasteiger partial charge < -0.3 is 28.9 Å². The molecule has 0 saturated carbocycles. The summed E-state index contributed by atoms with van der Waals surface area (Å²) in [5.74, 6) is 3.15. The van der Waals surface area contributed by atoms with Crippen LogP contribution in [-0.4, -0.2) is 47.9 Å². The molecule has 9 heteroatoms. The molecule has 0 spiro atoms. The second-order valence-electron chi connectivity index (χ2n) is 15.5. The predicted molar refractivity (Wildman–Crippen MR) is 257 cm³/mol. The molecule has 4 aromatic carbocycles. The number of aromatic nitrogens is 5. The first-order valence-electron chi connectivity index (χ1n) is 21.3. The van der Waals surface area contributed by atoms with E-state index in [1.54, 1.807) is 21.3 Å². The van der Waals surface area contributed by atoms with Crippen LogP contribution in [0.1, 0.15) is 29.2 Å². The molecule has 0 radical (unpaired) electrons. The summed E-state index contributed by atoms with van der Waals surface area (Å²) in [7, 11) is 5.05. The Hall–Kier alpha value is -8.17. The van der Waals surface area contributed by atoms with Crippen molar-refractivity contribution in [1.29, 1.82) is 0 Å². The lowest BCUT2D eigenvalue weighted by Gasteiger charge is -2.09. The van der Waals surface area contributed by atoms with Gasteiger partial charge in [-0.1, -0.05) is 54.6 Å². The number of methoxy groups -OCH3 is 3. The SMILES string of the molecule is COc1ccc(-c2c3nc(c(-c4ccc(OCCC[n+]5ccccc5)cc4)c4nc(c(-c5ccc(OC)cc5)c5ccc([nH]5)c(-c5ccc(OC)cc5)c5ccc2[nH]5)C=C4)C=C3)cc1. The summed E-state index contributed by atoms with van der Waals surface area (Å²) in [6, 6.07) is 47.4. The number of hydrogen-bond donors (Lipinski definition) is 2. The minimum atomic E-state index is 0.605. The summed E-state index contributed by atoms with van der Waals surface area (Å²) in [4.78, 5) is 18.5. The Bertz CT molecular complexity index is 3040. The van der Waals surface area contributed by atoms with Gasteiger partial charge in [0.15, 0.2) is 18.9 Å². The average Bonchev–Trinajstić information content (AvgIpc) is 4.20. The van der Waals surface area contributed by atoms with Crippen LogP contribution in [0.25, 0.3) is 90.9 Å². The van der Waals surface area contributed by atoms with E-state index in [-0.39, 0.29) is 0 Å². The summed E-state index contributed by atoms with van der Waals surface area (Å²) in [6.07, 6.45) is 13.4. The number of H-pyrrole nitrogens is 2. The molecule has 0 atom stereocenters. The molecule has 8 bridgehead atoms. The third-order valence-electron chi connectivity index (χ3n) is 11.6. The molecule has 2 N–H and O–H groups in total. The van der Waals surface area contributed by atoms with Crippen LogP contribution >= 0.6 is 0 Å². The van der Waals surface area contributed by atoms with Gasteiger partial charge in [-0.2, -0.15) is 0 Å². The first kappa shape index (κ1) is 39.9. The molecule has 0 amide bonds. The maximum absolute atomic E-state index is 6.23. The van der Waals surface area contributed by atoms with Crippen molar-refractivity contribution in [2.45, 2.75) is 13.0 Å². The zero-order valence-electron chi connectivity index (χ0n) is 35.8.